The highest BCUT2D eigenvalue weighted by Gasteiger charge is 2.21. The fourth-order valence-electron chi connectivity index (χ4n) is 1.95. The number of amides is 1. The van der Waals surface area contributed by atoms with Crippen LogP contribution in [-0.2, 0) is 22.4 Å². The van der Waals surface area contributed by atoms with Gasteiger partial charge in [0.05, 0.1) is 12.7 Å². The molecule has 0 saturated heterocycles. The second kappa shape index (κ2) is 6.69. The van der Waals surface area contributed by atoms with Gasteiger partial charge < -0.3 is 15.4 Å². The number of H-pyrrole nitrogens is 1. The molecule has 0 aliphatic rings. The lowest BCUT2D eigenvalue weighted by Gasteiger charge is -2.13. The summed E-state index contributed by atoms with van der Waals surface area (Å²) in [5.41, 5.74) is 2.63. The number of nitrogens with one attached hydrogen (secondary N) is 2. The van der Waals surface area contributed by atoms with Gasteiger partial charge in [0.1, 0.15) is 6.04 Å². The Morgan fingerprint density at radius 3 is 2.62 bits per heavy atom. The SMILES string of the molecule is Cc1ccc(CC(=O)N[C@H](Cc2cnc[nH]2)C(=O)O)cc1. The number of carbonyl (C=O) groups is 2. The largest absolute Gasteiger partial charge is 0.480 e. The number of rotatable bonds is 6. The van der Waals surface area contributed by atoms with Crippen LogP contribution in [0.1, 0.15) is 16.8 Å². The molecule has 21 heavy (non-hydrogen) atoms. The van der Waals surface area contributed by atoms with Crippen molar-refractivity contribution in [3.8, 4) is 0 Å². The normalized spacial score (nSPS) is 11.9. The highest BCUT2D eigenvalue weighted by Crippen LogP contribution is 2.05. The van der Waals surface area contributed by atoms with Crippen LogP contribution in [0.5, 0.6) is 0 Å². The van der Waals surface area contributed by atoms with Crippen LogP contribution in [0, 0.1) is 6.92 Å². The third kappa shape index (κ3) is 4.45. The van der Waals surface area contributed by atoms with Crippen LogP contribution in [0.3, 0.4) is 0 Å². The van der Waals surface area contributed by atoms with E-state index in [1.807, 2.05) is 31.2 Å². The Morgan fingerprint density at radius 2 is 2.05 bits per heavy atom. The summed E-state index contributed by atoms with van der Waals surface area (Å²) < 4.78 is 0. The minimum atomic E-state index is -1.07. The van der Waals surface area contributed by atoms with Crippen LogP contribution >= 0.6 is 0 Å². The summed E-state index contributed by atoms with van der Waals surface area (Å²) in [6.45, 7) is 1.97. The quantitative estimate of drug-likeness (QED) is 0.740. The zero-order valence-corrected chi connectivity index (χ0v) is 11.7. The monoisotopic (exact) mass is 287 g/mol. The van der Waals surface area contributed by atoms with Crippen molar-refractivity contribution in [2.45, 2.75) is 25.8 Å². The molecule has 1 amide bonds. The van der Waals surface area contributed by atoms with Gasteiger partial charge in [0.15, 0.2) is 0 Å². The molecule has 2 aromatic rings. The highest BCUT2D eigenvalue weighted by molar-refractivity contribution is 5.85. The number of nitrogens with zero attached hydrogens (tertiary/aromatic N) is 1. The standard InChI is InChI=1S/C15H17N3O3/c1-10-2-4-11(5-3-10)6-14(19)18-13(15(20)21)7-12-8-16-9-17-12/h2-5,8-9,13H,6-7H2,1H3,(H,16,17)(H,18,19)(H,20,21)/t13-/m1/s1. The van der Waals surface area contributed by atoms with Gasteiger partial charge in [-0.05, 0) is 12.5 Å². The zero-order valence-electron chi connectivity index (χ0n) is 11.7. The molecule has 0 spiro atoms. The molecule has 0 saturated carbocycles. The molecule has 3 N–H and O–H groups in total. The van der Waals surface area contributed by atoms with Crippen LogP contribution in [-0.4, -0.2) is 33.0 Å². The number of carboxylic acids is 1. The van der Waals surface area contributed by atoms with E-state index in [9.17, 15) is 14.7 Å². The minimum absolute atomic E-state index is 0.160. The predicted molar refractivity (Wildman–Crippen MR) is 76.7 cm³/mol. The lowest BCUT2D eigenvalue weighted by molar-refractivity contribution is -0.141. The van der Waals surface area contributed by atoms with Crippen molar-refractivity contribution >= 4 is 11.9 Å². The first kappa shape index (κ1) is 14.8. The summed E-state index contributed by atoms with van der Waals surface area (Å²) in [6, 6.07) is 6.59. The van der Waals surface area contributed by atoms with Gasteiger partial charge in [-0.2, -0.15) is 0 Å². The first-order valence-electron chi connectivity index (χ1n) is 6.59. The maximum atomic E-state index is 11.9. The Kier molecular flexibility index (Phi) is 4.71. The molecular formula is C15H17N3O3. The summed E-state index contributed by atoms with van der Waals surface area (Å²) in [6.07, 6.45) is 3.35. The molecule has 2 rings (SSSR count). The number of hydrogen-bond acceptors (Lipinski definition) is 3. The van der Waals surface area contributed by atoms with E-state index >= 15 is 0 Å². The van der Waals surface area contributed by atoms with Crippen LogP contribution in [0.15, 0.2) is 36.8 Å². The second-order valence-electron chi connectivity index (χ2n) is 4.90. The van der Waals surface area contributed by atoms with Crippen molar-refractivity contribution < 1.29 is 14.7 Å². The molecule has 0 bridgehead atoms. The summed E-state index contributed by atoms with van der Waals surface area (Å²) in [5.74, 6) is -1.38. The Labute approximate surface area is 122 Å². The van der Waals surface area contributed by atoms with Crippen molar-refractivity contribution in [2.24, 2.45) is 0 Å². The first-order valence-corrected chi connectivity index (χ1v) is 6.59. The summed E-state index contributed by atoms with van der Waals surface area (Å²) >= 11 is 0. The number of aryl methyl sites for hydroxylation is 1. The van der Waals surface area contributed by atoms with E-state index < -0.39 is 12.0 Å². The molecule has 0 radical (unpaired) electrons. The molecular weight excluding hydrogens is 270 g/mol. The number of aromatic nitrogens is 2. The van der Waals surface area contributed by atoms with Crippen molar-refractivity contribution in [3.05, 3.63) is 53.6 Å². The number of carboxylic acid groups (broad SMARTS) is 1. The van der Waals surface area contributed by atoms with Crippen LogP contribution in [0.2, 0.25) is 0 Å². The molecule has 6 nitrogen and oxygen atoms in total. The Morgan fingerprint density at radius 1 is 1.33 bits per heavy atom. The van der Waals surface area contributed by atoms with Gasteiger partial charge in [0, 0.05) is 18.3 Å². The molecule has 110 valence electrons. The Balaban J connectivity index is 1.95. The van der Waals surface area contributed by atoms with Crippen molar-refractivity contribution in [1.29, 1.82) is 0 Å². The number of aromatic amines is 1. The molecule has 6 heteroatoms. The Bertz CT molecular complexity index is 606. The third-order valence-corrected chi connectivity index (χ3v) is 3.10. The van der Waals surface area contributed by atoms with E-state index in [2.05, 4.69) is 15.3 Å². The van der Waals surface area contributed by atoms with Gasteiger partial charge in [-0.3, -0.25) is 4.79 Å². The number of aliphatic carboxylic acids is 1. The number of benzene rings is 1. The number of imidazole rings is 1. The van der Waals surface area contributed by atoms with E-state index in [0.29, 0.717) is 5.69 Å². The lowest BCUT2D eigenvalue weighted by atomic mass is 10.1. The fourth-order valence-corrected chi connectivity index (χ4v) is 1.95. The van der Waals surface area contributed by atoms with Gasteiger partial charge in [-0.1, -0.05) is 29.8 Å². The summed E-state index contributed by atoms with van der Waals surface area (Å²) in [5, 5.41) is 11.7. The van der Waals surface area contributed by atoms with Gasteiger partial charge in [-0.15, -0.1) is 0 Å². The molecule has 1 aromatic carbocycles. The average molecular weight is 287 g/mol. The van der Waals surface area contributed by atoms with E-state index in [1.54, 1.807) is 6.20 Å². The first-order chi connectivity index (χ1) is 10.0. The van der Waals surface area contributed by atoms with Crippen molar-refractivity contribution in [3.63, 3.8) is 0 Å². The molecule has 0 fully saturated rings. The summed E-state index contributed by atoms with van der Waals surface area (Å²) in [4.78, 5) is 29.8. The number of carbonyl (C=O) groups excluding carboxylic acids is 1. The average Bonchev–Trinajstić information content (AvgIpc) is 2.93. The summed E-state index contributed by atoms with van der Waals surface area (Å²) in [7, 11) is 0. The maximum absolute atomic E-state index is 11.9. The van der Waals surface area contributed by atoms with E-state index in [0.717, 1.165) is 11.1 Å². The smallest absolute Gasteiger partial charge is 0.326 e. The molecule has 1 aromatic heterocycles. The second-order valence-corrected chi connectivity index (χ2v) is 4.90. The highest BCUT2D eigenvalue weighted by atomic mass is 16.4. The zero-order chi connectivity index (χ0) is 15.2. The van der Waals surface area contributed by atoms with E-state index in [4.69, 9.17) is 0 Å². The molecule has 0 aliphatic carbocycles. The van der Waals surface area contributed by atoms with Crippen LogP contribution in [0.4, 0.5) is 0 Å². The number of hydrogen-bond donors (Lipinski definition) is 3. The molecule has 0 aliphatic heterocycles. The maximum Gasteiger partial charge on any atom is 0.326 e. The van der Waals surface area contributed by atoms with Gasteiger partial charge in [0.2, 0.25) is 5.91 Å². The fraction of sp³-hybridized carbons (Fsp3) is 0.267. The molecule has 0 unspecified atom stereocenters. The predicted octanol–water partition coefficient (Wildman–Crippen LogP) is 1.07. The third-order valence-electron chi connectivity index (χ3n) is 3.10. The van der Waals surface area contributed by atoms with E-state index in [-0.39, 0.29) is 18.7 Å². The Hall–Kier alpha value is -2.63. The molecule has 1 heterocycles. The van der Waals surface area contributed by atoms with Crippen molar-refractivity contribution in [1.82, 2.24) is 15.3 Å². The van der Waals surface area contributed by atoms with Gasteiger partial charge in [0.25, 0.3) is 0 Å². The minimum Gasteiger partial charge on any atom is -0.480 e. The van der Waals surface area contributed by atoms with E-state index in [1.165, 1.54) is 6.33 Å². The topological polar surface area (TPSA) is 95.1 Å². The van der Waals surface area contributed by atoms with Crippen LogP contribution in [0.25, 0.3) is 0 Å². The van der Waals surface area contributed by atoms with Crippen molar-refractivity contribution in [2.75, 3.05) is 0 Å². The van der Waals surface area contributed by atoms with Gasteiger partial charge >= 0.3 is 5.97 Å². The lowest BCUT2D eigenvalue weighted by Crippen LogP contribution is -2.43. The van der Waals surface area contributed by atoms with Crippen LogP contribution < -0.4 is 5.32 Å². The molecule has 1 atom stereocenters. The van der Waals surface area contributed by atoms with Gasteiger partial charge in [-0.25, -0.2) is 9.78 Å².